The van der Waals surface area contributed by atoms with Crippen LogP contribution >= 0.6 is 35.6 Å². The molecule has 0 saturated heterocycles. The second-order valence-corrected chi connectivity index (χ2v) is 6.53. The maximum absolute atomic E-state index is 11.7. The Kier molecular flexibility index (Phi) is 11.6. The van der Waals surface area contributed by atoms with Gasteiger partial charge in [-0.25, -0.2) is 0 Å². The number of nitrogens with one attached hydrogen (secondary N) is 3. The fourth-order valence-corrected chi connectivity index (χ4v) is 2.75. The molecule has 0 aromatic heterocycles. The van der Waals surface area contributed by atoms with Crippen molar-refractivity contribution in [1.29, 1.82) is 0 Å². The number of amides is 1. The topological polar surface area (TPSA) is 65.5 Å². The Morgan fingerprint density at radius 2 is 1.79 bits per heavy atom. The zero-order valence-electron chi connectivity index (χ0n) is 16.3. The van der Waals surface area contributed by atoms with Gasteiger partial charge in [-0.1, -0.05) is 35.9 Å². The minimum atomic E-state index is -0.0677. The predicted molar refractivity (Wildman–Crippen MR) is 128 cm³/mol. The van der Waals surface area contributed by atoms with Gasteiger partial charge in [-0.15, -0.1) is 24.0 Å². The smallest absolute Gasteiger partial charge is 0.251 e. The number of nitrogens with zero attached hydrogens (tertiary/aromatic N) is 1. The first-order valence-electron chi connectivity index (χ1n) is 9.20. The standard InChI is InChI=1S/C21H27ClN4O.HI/c1-3-24-21(25-13-11-16-7-9-19(22)10-8-16)26-14-12-17-5-4-6-18(15-17)20(27)23-2;/h4-10,15H,3,11-14H2,1-2H3,(H,23,27)(H2,24,25,26);1H. The summed E-state index contributed by atoms with van der Waals surface area (Å²) < 4.78 is 0. The van der Waals surface area contributed by atoms with Gasteiger partial charge in [0.2, 0.25) is 0 Å². The molecule has 0 saturated carbocycles. The van der Waals surface area contributed by atoms with Crippen molar-refractivity contribution < 1.29 is 4.79 Å². The molecule has 2 rings (SSSR count). The van der Waals surface area contributed by atoms with E-state index in [9.17, 15) is 4.79 Å². The number of halogens is 2. The zero-order chi connectivity index (χ0) is 19.5. The van der Waals surface area contributed by atoms with Crippen LogP contribution in [0.15, 0.2) is 53.5 Å². The second-order valence-electron chi connectivity index (χ2n) is 6.09. The molecule has 0 aliphatic rings. The lowest BCUT2D eigenvalue weighted by Gasteiger charge is -2.12. The summed E-state index contributed by atoms with van der Waals surface area (Å²) in [6.07, 6.45) is 1.67. The van der Waals surface area contributed by atoms with Crippen molar-refractivity contribution in [3.05, 3.63) is 70.2 Å². The molecule has 28 heavy (non-hydrogen) atoms. The summed E-state index contributed by atoms with van der Waals surface area (Å²) in [7, 11) is 1.64. The summed E-state index contributed by atoms with van der Waals surface area (Å²) in [6, 6.07) is 15.5. The lowest BCUT2D eigenvalue weighted by Crippen LogP contribution is -2.38. The van der Waals surface area contributed by atoms with Gasteiger partial charge in [-0.3, -0.25) is 9.79 Å². The Bertz CT molecular complexity index is 765. The minimum absolute atomic E-state index is 0. The first kappa shape index (κ1) is 24.2. The zero-order valence-corrected chi connectivity index (χ0v) is 19.4. The van der Waals surface area contributed by atoms with Crippen LogP contribution in [0.3, 0.4) is 0 Å². The maximum Gasteiger partial charge on any atom is 0.251 e. The van der Waals surface area contributed by atoms with E-state index in [1.165, 1.54) is 5.56 Å². The largest absolute Gasteiger partial charge is 0.357 e. The molecule has 0 atom stereocenters. The molecular formula is C21H28ClIN4O. The molecule has 2 aromatic rings. The molecule has 7 heteroatoms. The SMILES string of the molecule is CCNC(=NCCc1ccc(Cl)cc1)NCCc1cccc(C(=O)NC)c1.I. The molecule has 3 N–H and O–H groups in total. The van der Waals surface area contributed by atoms with Gasteiger partial charge in [-0.05, 0) is 55.2 Å². The molecule has 152 valence electrons. The van der Waals surface area contributed by atoms with Crippen LogP contribution in [0.1, 0.15) is 28.4 Å². The van der Waals surface area contributed by atoms with Gasteiger partial charge in [0.15, 0.2) is 5.96 Å². The first-order valence-corrected chi connectivity index (χ1v) is 9.57. The van der Waals surface area contributed by atoms with Crippen molar-refractivity contribution in [2.75, 3.05) is 26.7 Å². The summed E-state index contributed by atoms with van der Waals surface area (Å²) in [4.78, 5) is 16.3. The van der Waals surface area contributed by atoms with E-state index < -0.39 is 0 Å². The van der Waals surface area contributed by atoms with Gasteiger partial charge in [0.05, 0.1) is 0 Å². The number of hydrogen-bond acceptors (Lipinski definition) is 2. The van der Waals surface area contributed by atoms with Crippen molar-refractivity contribution in [3.63, 3.8) is 0 Å². The molecular weight excluding hydrogens is 487 g/mol. The number of rotatable bonds is 8. The lowest BCUT2D eigenvalue weighted by molar-refractivity contribution is 0.0963. The van der Waals surface area contributed by atoms with E-state index in [-0.39, 0.29) is 29.9 Å². The number of carbonyl (C=O) groups excluding carboxylic acids is 1. The summed E-state index contributed by atoms with van der Waals surface area (Å²) in [5.41, 5.74) is 3.00. The number of carbonyl (C=O) groups is 1. The molecule has 0 aliphatic heterocycles. The monoisotopic (exact) mass is 514 g/mol. The minimum Gasteiger partial charge on any atom is -0.357 e. The van der Waals surface area contributed by atoms with Crippen molar-refractivity contribution in [3.8, 4) is 0 Å². The number of aliphatic imine (C=N–C) groups is 1. The predicted octanol–water partition coefficient (Wildman–Crippen LogP) is 3.66. The van der Waals surface area contributed by atoms with Crippen LogP contribution in [-0.4, -0.2) is 38.5 Å². The van der Waals surface area contributed by atoms with Crippen molar-refractivity contribution in [2.24, 2.45) is 4.99 Å². The third-order valence-electron chi connectivity index (χ3n) is 4.05. The van der Waals surface area contributed by atoms with Gasteiger partial charge in [0.25, 0.3) is 5.91 Å². The van der Waals surface area contributed by atoms with E-state index in [1.807, 2.05) is 55.5 Å². The molecule has 0 heterocycles. The van der Waals surface area contributed by atoms with Gasteiger partial charge in [-0.2, -0.15) is 0 Å². The van der Waals surface area contributed by atoms with Gasteiger partial charge < -0.3 is 16.0 Å². The van der Waals surface area contributed by atoms with Crippen LogP contribution in [0.4, 0.5) is 0 Å². The second kappa shape index (κ2) is 13.4. The Morgan fingerprint density at radius 3 is 2.46 bits per heavy atom. The molecule has 0 bridgehead atoms. The van der Waals surface area contributed by atoms with Crippen LogP contribution < -0.4 is 16.0 Å². The summed E-state index contributed by atoms with van der Waals surface area (Å²) in [6.45, 7) is 4.29. The van der Waals surface area contributed by atoms with Crippen molar-refractivity contribution in [1.82, 2.24) is 16.0 Å². The fraction of sp³-hybridized carbons (Fsp3) is 0.333. The quantitative estimate of drug-likeness (QED) is 0.286. The molecule has 0 aliphatic carbocycles. The number of hydrogen-bond donors (Lipinski definition) is 3. The maximum atomic E-state index is 11.7. The van der Waals surface area contributed by atoms with E-state index in [2.05, 4.69) is 20.9 Å². The van der Waals surface area contributed by atoms with Crippen molar-refractivity contribution >= 4 is 47.4 Å². The Labute approximate surface area is 189 Å². The molecule has 0 unspecified atom stereocenters. The number of benzene rings is 2. The molecule has 0 fully saturated rings. The van der Waals surface area contributed by atoms with Gasteiger partial charge in [0, 0.05) is 37.3 Å². The Morgan fingerprint density at radius 1 is 1.04 bits per heavy atom. The molecule has 2 aromatic carbocycles. The molecule has 0 spiro atoms. The lowest BCUT2D eigenvalue weighted by atomic mass is 10.1. The van der Waals surface area contributed by atoms with E-state index in [0.717, 1.165) is 42.5 Å². The van der Waals surface area contributed by atoms with Crippen LogP contribution in [0.2, 0.25) is 5.02 Å². The summed E-state index contributed by atoms with van der Waals surface area (Å²) in [5.74, 6) is 0.732. The average molecular weight is 515 g/mol. The number of guanidine groups is 1. The van der Waals surface area contributed by atoms with Gasteiger partial charge >= 0.3 is 0 Å². The fourth-order valence-electron chi connectivity index (χ4n) is 2.63. The summed E-state index contributed by atoms with van der Waals surface area (Å²) in [5, 5.41) is 10.00. The third kappa shape index (κ3) is 8.48. The summed E-state index contributed by atoms with van der Waals surface area (Å²) >= 11 is 5.91. The van der Waals surface area contributed by atoms with E-state index in [0.29, 0.717) is 12.1 Å². The molecule has 0 radical (unpaired) electrons. The highest BCUT2D eigenvalue weighted by atomic mass is 127. The normalized spacial score (nSPS) is 10.8. The van der Waals surface area contributed by atoms with E-state index in [1.54, 1.807) is 7.05 Å². The molecule has 1 amide bonds. The van der Waals surface area contributed by atoms with E-state index in [4.69, 9.17) is 11.6 Å². The van der Waals surface area contributed by atoms with Crippen LogP contribution in [0, 0.1) is 0 Å². The van der Waals surface area contributed by atoms with Gasteiger partial charge in [0.1, 0.15) is 0 Å². The Balaban J connectivity index is 0.00000392. The first-order chi connectivity index (χ1) is 13.1. The highest BCUT2D eigenvalue weighted by Gasteiger charge is 2.04. The van der Waals surface area contributed by atoms with Crippen LogP contribution in [0.5, 0.6) is 0 Å². The third-order valence-corrected chi connectivity index (χ3v) is 4.30. The average Bonchev–Trinajstić information content (AvgIpc) is 2.69. The van der Waals surface area contributed by atoms with Crippen molar-refractivity contribution in [2.45, 2.75) is 19.8 Å². The van der Waals surface area contributed by atoms with E-state index >= 15 is 0 Å². The highest BCUT2D eigenvalue weighted by Crippen LogP contribution is 2.10. The Hall–Kier alpha value is -1.80. The molecule has 5 nitrogen and oxygen atoms in total. The van der Waals surface area contributed by atoms with Crippen LogP contribution in [0.25, 0.3) is 0 Å². The highest BCUT2D eigenvalue weighted by molar-refractivity contribution is 14.0. The van der Waals surface area contributed by atoms with Crippen LogP contribution in [-0.2, 0) is 12.8 Å².